The predicted octanol–water partition coefficient (Wildman–Crippen LogP) is 7.67. The first kappa shape index (κ1) is 24.8. The van der Waals surface area contributed by atoms with Crippen LogP contribution in [0.2, 0.25) is 0 Å². The maximum Gasteiger partial charge on any atom is 0.221 e. The molecule has 1 N–H and O–H groups in total. The molecule has 0 saturated carbocycles. The lowest BCUT2D eigenvalue weighted by molar-refractivity contribution is -0.114. The Balaban J connectivity index is 1.98. The molecule has 1 atom stereocenters. The minimum absolute atomic E-state index is 0.0894. The van der Waals surface area contributed by atoms with Gasteiger partial charge < -0.3 is 14.8 Å². The number of ether oxygens (including phenoxy) is 2. The van der Waals surface area contributed by atoms with Gasteiger partial charge >= 0.3 is 0 Å². The molecule has 1 unspecified atom stereocenters. The van der Waals surface area contributed by atoms with E-state index in [9.17, 15) is 4.79 Å². The van der Waals surface area contributed by atoms with Crippen molar-refractivity contribution in [3.63, 3.8) is 0 Å². The number of benzene rings is 3. The summed E-state index contributed by atoms with van der Waals surface area (Å²) in [4.78, 5) is 12.0. The molecule has 1 heterocycles. The second-order valence-corrected chi connectivity index (χ2v) is 10.5. The van der Waals surface area contributed by atoms with E-state index in [1.807, 2.05) is 18.2 Å². The summed E-state index contributed by atoms with van der Waals surface area (Å²) in [6.07, 6.45) is 0. The first-order chi connectivity index (χ1) is 16.5. The topological polar surface area (TPSA) is 47.6 Å². The third-order valence-electron chi connectivity index (χ3n) is 7.39. The highest BCUT2D eigenvalue weighted by molar-refractivity contribution is 5.96. The van der Waals surface area contributed by atoms with Crippen molar-refractivity contribution in [1.82, 2.24) is 0 Å². The number of rotatable bonds is 5. The van der Waals surface area contributed by atoms with Gasteiger partial charge in [0.25, 0.3) is 0 Å². The second-order valence-electron chi connectivity index (χ2n) is 10.5. The maximum atomic E-state index is 12.0. The molecule has 0 aromatic heterocycles. The van der Waals surface area contributed by atoms with Gasteiger partial charge in [0, 0.05) is 23.7 Å². The van der Waals surface area contributed by atoms with Crippen molar-refractivity contribution in [3.05, 3.63) is 75.8 Å². The van der Waals surface area contributed by atoms with E-state index in [2.05, 4.69) is 78.0 Å². The number of carbonyl (C=O) groups is 1. The van der Waals surface area contributed by atoms with Gasteiger partial charge in [0.15, 0.2) is 0 Å². The summed E-state index contributed by atoms with van der Waals surface area (Å²) in [6, 6.07) is 14.8. The van der Waals surface area contributed by atoms with Crippen LogP contribution in [-0.2, 0) is 4.79 Å². The molecular weight excluding hydrogens is 434 g/mol. The highest BCUT2D eigenvalue weighted by atomic mass is 16.5. The van der Waals surface area contributed by atoms with Crippen molar-refractivity contribution >= 4 is 11.6 Å². The molecule has 0 fully saturated rings. The summed E-state index contributed by atoms with van der Waals surface area (Å²) in [5.41, 5.74) is 9.72. The van der Waals surface area contributed by atoms with E-state index in [-0.39, 0.29) is 11.8 Å². The van der Waals surface area contributed by atoms with Crippen LogP contribution in [0.3, 0.4) is 0 Å². The van der Waals surface area contributed by atoms with Crippen molar-refractivity contribution < 1.29 is 14.3 Å². The third-order valence-corrected chi connectivity index (χ3v) is 7.39. The molecule has 35 heavy (non-hydrogen) atoms. The second kappa shape index (κ2) is 9.07. The Bertz CT molecular complexity index is 1290. The molecule has 0 radical (unpaired) electrons. The Morgan fingerprint density at radius 1 is 1.00 bits per heavy atom. The van der Waals surface area contributed by atoms with Crippen molar-refractivity contribution in [2.24, 2.45) is 0 Å². The highest BCUT2D eigenvalue weighted by Gasteiger charge is 2.45. The van der Waals surface area contributed by atoms with Crippen LogP contribution in [0, 0.1) is 20.8 Å². The Morgan fingerprint density at radius 3 is 2.23 bits per heavy atom. The quantitative estimate of drug-likeness (QED) is 0.415. The Labute approximate surface area is 209 Å². The molecule has 1 aliphatic heterocycles. The number of carbonyl (C=O) groups excluding carboxylic acids is 1. The number of anilines is 1. The summed E-state index contributed by atoms with van der Waals surface area (Å²) in [7, 11) is 1.66. The van der Waals surface area contributed by atoms with Crippen molar-refractivity contribution in [1.29, 1.82) is 0 Å². The molecule has 184 valence electrons. The summed E-state index contributed by atoms with van der Waals surface area (Å²) < 4.78 is 12.2. The predicted molar refractivity (Wildman–Crippen MR) is 144 cm³/mol. The molecule has 4 nitrogen and oxygen atoms in total. The van der Waals surface area contributed by atoms with Gasteiger partial charge in [-0.25, -0.2) is 0 Å². The number of nitrogens with one attached hydrogen (secondary N) is 1. The van der Waals surface area contributed by atoms with E-state index < -0.39 is 5.60 Å². The van der Waals surface area contributed by atoms with Gasteiger partial charge in [-0.3, -0.25) is 4.79 Å². The fourth-order valence-electron chi connectivity index (χ4n) is 5.50. The summed E-state index contributed by atoms with van der Waals surface area (Å²) >= 11 is 0. The van der Waals surface area contributed by atoms with E-state index in [1.165, 1.54) is 29.2 Å². The van der Waals surface area contributed by atoms with E-state index in [0.717, 1.165) is 39.4 Å². The fourth-order valence-corrected chi connectivity index (χ4v) is 5.50. The number of amides is 1. The van der Waals surface area contributed by atoms with Crippen molar-refractivity contribution in [2.45, 2.75) is 72.8 Å². The van der Waals surface area contributed by atoms with Gasteiger partial charge in [0.05, 0.1) is 13.0 Å². The smallest absolute Gasteiger partial charge is 0.221 e. The van der Waals surface area contributed by atoms with Gasteiger partial charge in [0.1, 0.15) is 17.1 Å². The third kappa shape index (κ3) is 4.31. The van der Waals surface area contributed by atoms with Crippen LogP contribution in [0.4, 0.5) is 5.69 Å². The maximum absolute atomic E-state index is 12.0. The van der Waals surface area contributed by atoms with Gasteiger partial charge in [-0.15, -0.1) is 0 Å². The Morgan fingerprint density at radius 2 is 1.66 bits per heavy atom. The lowest BCUT2D eigenvalue weighted by Gasteiger charge is -2.28. The monoisotopic (exact) mass is 471 g/mol. The number of methoxy groups -OCH3 is 1. The molecule has 1 aliphatic rings. The van der Waals surface area contributed by atoms with Crippen molar-refractivity contribution in [3.8, 4) is 22.6 Å². The normalized spacial score (nSPS) is 16.1. The van der Waals surface area contributed by atoms with Gasteiger partial charge in [-0.05, 0) is 92.1 Å². The van der Waals surface area contributed by atoms with Crippen LogP contribution >= 0.6 is 0 Å². The molecule has 4 rings (SSSR count). The van der Waals surface area contributed by atoms with Crippen molar-refractivity contribution in [2.75, 3.05) is 12.4 Å². The average molecular weight is 472 g/mol. The van der Waals surface area contributed by atoms with E-state index >= 15 is 0 Å². The Hall–Kier alpha value is -3.27. The molecule has 0 aliphatic carbocycles. The lowest BCUT2D eigenvalue weighted by atomic mass is 9.76. The molecule has 0 spiro atoms. The number of hydrogen-bond acceptors (Lipinski definition) is 3. The number of fused-ring (bicyclic) bond motifs is 1. The average Bonchev–Trinajstić information content (AvgIpc) is 3.09. The first-order valence-electron chi connectivity index (χ1n) is 12.3. The van der Waals surface area contributed by atoms with Crippen LogP contribution in [0.25, 0.3) is 11.1 Å². The molecule has 3 aromatic rings. The van der Waals surface area contributed by atoms with Crippen LogP contribution < -0.4 is 14.8 Å². The summed E-state index contributed by atoms with van der Waals surface area (Å²) in [5.74, 6) is 2.21. The summed E-state index contributed by atoms with van der Waals surface area (Å²) in [6.45, 7) is 16.8. The van der Waals surface area contributed by atoms with Crippen LogP contribution in [0.5, 0.6) is 11.5 Å². The van der Waals surface area contributed by atoms with E-state index in [4.69, 9.17) is 9.47 Å². The van der Waals surface area contributed by atoms with Crippen LogP contribution in [0.15, 0.2) is 42.5 Å². The minimum atomic E-state index is -0.392. The fraction of sp³-hybridized carbons (Fsp3) is 0.387. The summed E-state index contributed by atoms with van der Waals surface area (Å²) in [5, 5.41) is 3.01. The van der Waals surface area contributed by atoms with Gasteiger partial charge in [-0.1, -0.05) is 38.1 Å². The Kier molecular flexibility index (Phi) is 6.44. The number of hydrogen-bond donors (Lipinski definition) is 1. The standard InChI is InChI=1S/C31H37NO3/c1-17(2)22-10-12-23(13-11-22)29-28-20(5)27(18(3)19(4)30(28)35-31(29,7)8)25-16-24(34-9)14-15-26(25)32-21(6)33/h10-17,29H,1-9H3,(H,32,33). The first-order valence-corrected chi connectivity index (χ1v) is 12.3. The van der Waals surface area contributed by atoms with E-state index in [1.54, 1.807) is 7.11 Å². The molecular formula is C31H37NO3. The molecule has 4 heteroatoms. The SMILES string of the molecule is COc1ccc(NC(C)=O)c(-c2c(C)c(C)c3c(c2C)C(c2ccc(C(C)C)cc2)C(C)(C)O3)c1. The lowest BCUT2D eigenvalue weighted by Crippen LogP contribution is -2.31. The van der Waals surface area contributed by atoms with Crippen LogP contribution in [-0.4, -0.2) is 18.6 Å². The molecule has 3 aromatic carbocycles. The highest BCUT2D eigenvalue weighted by Crippen LogP contribution is 2.54. The molecule has 1 amide bonds. The zero-order valence-corrected chi connectivity index (χ0v) is 22.4. The van der Waals surface area contributed by atoms with Gasteiger partial charge in [-0.2, -0.15) is 0 Å². The van der Waals surface area contributed by atoms with Crippen LogP contribution in [0.1, 0.15) is 79.8 Å². The van der Waals surface area contributed by atoms with E-state index in [0.29, 0.717) is 5.92 Å². The largest absolute Gasteiger partial charge is 0.497 e. The van der Waals surface area contributed by atoms with Gasteiger partial charge in [0.2, 0.25) is 5.91 Å². The minimum Gasteiger partial charge on any atom is -0.497 e. The zero-order valence-electron chi connectivity index (χ0n) is 22.4. The zero-order chi connectivity index (χ0) is 25.7. The molecule has 0 saturated heterocycles. The molecule has 0 bridgehead atoms.